The Morgan fingerprint density at radius 3 is 2.24 bits per heavy atom. The largest absolute Gasteiger partial charge is 0.326 e. The number of likely N-dealkylation sites (tertiary alicyclic amines) is 1. The molecule has 25 heavy (non-hydrogen) atoms. The smallest absolute Gasteiger partial charge is 0.224 e. The summed E-state index contributed by atoms with van der Waals surface area (Å²) in [5, 5.41) is 3.01. The van der Waals surface area contributed by atoms with Crippen molar-refractivity contribution in [1.82, 2.24) is 4.90 Å². The van der Waals surface area contributed by atoms with E-state index in [4.69, 9.17) is 0 Å². The zero-order valence-corrected chi connectivity index (χ0v) is 14.9. The highest BCUT2D eigenvalue weighted by Gasteiger charge is 2.09. The van der Waals surface area contributed by atoms with Gasteiger partial charge in [0.15, 0.2) is 0 Å². The maximum Gasteiger partial charge on any atom is 0.224 e. The van der Waals surface area contributed by atoms with Gasteiger partial charge in [-0.15, -0.1) is 0 Å². The van der Waals surface area contributed by atoms with E-state index in [2.05, 4.69) is 34.5 Å². The molecule has 1 aliphatic rings. The third kappa shape index (κ3) is 5.71. The van der Waals surface area contributed by atoms with Crippen LogP contribution < -0.4 is 5.32 Å². The van der Waals surface area contributed by atoms with Gasteiger partial charge in [0, 0.05) is 12.1 Å². The molecular formula is C22H28N2O. The minimum absolute atomic E-state index is 0.117. The molecule has 0 saturated carbocycles. The van der Waals surface area contributed by atoms with E-state index in [-0.39, 0.29) is 5.91 Å². The van der Waals surface area contributed by atoms with Crippen LogP contribution >= 0.6 is 0 Å². The first kappa shape index (κ1) is 17.7. The topological polar surface area (TPSA) is 32.3 Å². The number of rotatable bonds is 7. The summed E-state index contributed by atoms with van der Waals surface area (Å²) >= 11 is 0. The molecule has 0 unspecified atom stereocenters. The van der Waals surface area contributed by atoms with Gasteiger partial charge < -0.3 is 10.2 Å². The molecule has 1 fully saturated rings. The van der Waals surface area contributed by atoms with Gasteiger partial charge in [0.25, 0.3) is 0 Å². The molecule has 1 saturated heterocycles. The molecule has 0 bridgehead atoms. The maximum atomic E-state index is 12.1. The summed E-state index contributed by atoms with van der Waals surface area (Å²) in [6, 6.07) is 18.4. The Morgan fingerprint density at radius 2 is 1.52 bits per heavy atom. The second-order valence-corrected chi connectivity index (χ2v) is 6.85. The summed E-state index contributed by atoms with van der Waals surface area (Å²) < 4.78 is 0. The van der Waals surface area contributed by atoms with Gasteiger partial charge in [0.05, 0.1) is 0 Å². The van der Waals surface area contributed by atoms with Crippen molar-refractivity contribution in [3.63, 3.8) is 0 Å². The summed E-state index contributed by atoms with van der Waals surface area (Å²) in [5.41, 5.74) is 3.24. The normalized spacial score (nSPS) is 15.0. The molecule has 132 valence electrons. The number of piperidine rings is 1. The Hall–Kier alpha value is -2.13. The van der Waals surface area contributed by atoms with E-state index in [0.29, 0.717) is 6.42 Å². The van der Waals surface area contributed by atoms with Crippen LogP contribution in [0.4, 0.5) is 5.69 Å². The van der Waals surface area contributed by atoms with Gasteiger partial charge >= 0.3 is 0 Å². The Kier molecular flexibility index (Phi) is 6.63. The van der Waals surface area contributed by atoms with E-state index < -0.39 is 0 Å². The summed E-state index contributed by atoms with van der Waals surface area (Å²) in [7, 11) is 0. The molecule has 0 aromatic heterocycles. The monoisotopic (exact) mass is 336 g/mol. The van der Waals surface area contributed by atoms with Crippen molar-refractivity contribution in [3.8, 4) is 11.1 Å². The second kappa shape index (κ2) is 9.38. The molecule has 0 atom stereocenters. The number of amides is 1. The fourth-order valence-electron chi connectivity index (χ4n) is 3.40. The van der Waals surface area contributed by atoms with Crippen molar-refractivity contribution in [2.75, 3.05) is 25.0 Å². The molecule has 1 heterocycles. The van der Waals surface area contributed by atoms with Crippen molar-refractivity contribution in [3.05, 3.63) is 54.6 Å². The Morgan fingerprint density at radius 1 is 0.840 bits per heavy atom. The zero-order valence-electron chi connectivity index (χ0n) is 14.9. The van der Waals surface area contributed by atoms with Crippen molar-refractivity contribution < 1.29 is 4.79 Å². The average molecular weight is 336 g/mol. The van der Waals surface area contributed by atoms with Crippen molar-refractivity contribution in [2.45, 2.75) is 38.5 Å². The van der Waals surface area contributed by atoms with E-state index in [1.54, 1.807) is 0 Å². The van der Waals surface area contributed by atoms with Crippen LogP contribution in [0.2, 0.25) is 0 Å². The predicted molar refractivity (Wildman–Crippen MR) is 105 cm³/mol. The maximum absolute atomic E-state index is 12.1. The molecule has 1 amide bonds. The summed E-state index contributed by atoms with van der Waals surface area (Å²) in [6.45, 7) is 3.61. The van der Waals surface area contributed by atoms with Crippen LogP contribution in [-0.2, 0) is 4.79 Å². The number of nitrogens with zero attached hydrogens (tertiary/aromatic N) is 1. The van der Waals surface area contributed by atoms with E-state index in [1.807, 2.05) is 30.3 Å². The van der Waals surface area contributed by atoms with E-state index in [0.717, 1.165) is 25.1 Å². The quantitative estimate of drug-likeness (QED) is 0.726. The van der Waals surface area contributed by atoms with Crippen molar-refractivity contribution >= 4 is 11.6 Å². The molecule has 1 aliphatic heterocycles. The lowest BCUT2D eigenvalue weighted by Crippen LogP contribution is -2.30. The molecule has 2 aromatic carbocycles. The Labute approximate surface area is 151 Å². The third-order valence-electron chi connectivity index (χ3n) is 4.85. The van der Waals surface area contributed by atoms with Gasteiger partial charge in [0.2, 0.25) is 5.91 Å². The number of carbonyl (C=O) groups excluding carboxylic acids is 1. The SMILES string of the molecule is O=C(CCCCN1CCCCC1)Nc1ccc(-c2ccccc2)cc1. The van der Waals surface area contributed by atoms with Crippen molar-refractivity contribution in [1.29, 1.82) is 0 Å². The van der Waals surface area contributed by atoms with Gasteiger partial charge in [0.1, 0.15) is 0 Å². The fraction of sp³-hybridized carbons (Fsp3) is 0.409. The standard InChI is InChI=1S/C22H28N2O/c25-22(11-5-8-18-24-16-6-2-7-17-24)23-21-14-12-20(13-15-21)19-9-3-1-4-10-19/h1,3-4,9-10,12-15H,2,5-8,11,16-18H2,(H,23,25). The van der Waals surface area contributed by atoms with E-state index >= 15 is 0 Å². The van der Waals surface area contributed by atoms with Crippen LogP contribution in [0.5, 0.6) is 0 Å². The molecule has 1 N–H and O–H groups in total. The Bertz CT molecular complexity index is 645. The molecule has 0 spiro atoms. The van der Waals surface area contributed by atoms with Crippen LogP contribution in [0.25, 0.3) is 11.1 Å². The van der Waals surface area contributed by atoms with Gasteiger partial charge in [-0.2, -0.15) is 0 Å². The number of benzene rings is 2. The predicted octanol–water partition coefficient (Wildman–Crippen LogP) is 4.95. The first-order valence-corrected chi connectivity index (χ1v) is 9.49. The van der Waals surface area contributed by atoms with E-state index in [1.165, 1.54) is 43.5 Å². The molecule has 3 nitrogen and oxygen atoms in total. The van der Waals surface area contributed by atoms with Gasteiger partial charge in [-0.3, -0.25) is 4.79 Å². The highest BCUT2D eigenvalue weighted by atomic mass is 16.1. The lowest BCUT2D eigenvalue weighted by atomic mass is 10.1. The number of anilines is 1. The number of hydrogen-bond acceptors (Lipinski definition) is 2. The molecular weight excluding hydrogens is 308 g/mol. The van der Waals surface area contributed by atoms with E-state index in [9.17, 15) is 4.79 Å². The number of nitrogens with one attached hydrogen (secondary N) is 1. The number of hydrogen-bond donors (Lipinski definition) is 1. The molecule has 0 aliphatic carbocycles. The minimum Gasteiger partial charge on any atom is -0.326 e. The first-order valence-electron chi connectivity index (χ1n) is 9.49. The summed E-state index contributed by atoms with van der Waals surface area (Å²) in [5.74, 6) is 0.117. The van der Waals surface area contributed by atoms with Crippen LogP contribution in [0.3, 0.4) is 0 Å². The number of carbonyl (C=O) groups is 1. The Balaban J connectivity index is 1.39. The number of unbranched alkanes of at least 4 members (excludes halogenated alkanes) is 1. The van der Waals surface area contributed by atoms with Crippen LogP contribution in [0.15, 0.2) is 54.6 Å². The summed E-state index contributed by atoms with van der Waals surface area (Å²) in [6.07, 6.45) is 6.72. The van der Waals surface area contributed by atoms with Crippen LogP contribution in [0.1, 0.15) is 38.5 Å². The molecule has 3 rings (SSSR count). The molecule has 3 heteroatoms. The highest BCUT2D eigenvalue weighted by molar-refractivity contribution is 5.90. The molecule has 2 aromatic rings. The first-order chi connectivity index (χ1) is 12.3. The second-order valence-electron chi connectivity index (χ2n) is 6.85. The van der Waals surface area contributed by atoms with Crippen LogP contribution in [0, 0.1) is 0 Å². The molecule has 0 radical (unpaired) electrons. The van der Waals surface area contributed by atoms with Crippen LogP contribution in [-0.4, -0.2) is 30.4 Å². The fourth-order valence-corrected chi connectivity index (χ4v) is 3.40. The van der Waals surface area contributed by atoms with Gasteiger partial charge in [-0.1, -0.05) is 48.9 Å². The highest BCUT2D eigenvalue weighted by Crippen LogP contribution is 2.21. The lowest BCUT2D eigenvalue weighted by Gasteiger charge is -2.26. The lowest BCUT2D eigenvalue weighted by molar-refractivity contribution is -0.116. The van der Waals surface area contributed by atoms with Crippen molar-refractivity contribution in [2.24, 2.45) is 0 Å². The zero-order chi connectivity index (χ0) is 17.3. The van der Waals surface area contributed by atoms with Gasteiger partial charge in [-0.05, 0) is 68.6 Å². The van der Waals surface area contributed by atoms with Gasteiger partial charge in [-0.25, -0.2) is 0 Å². The minimum atomic E-state index is 0.117. The third-order valence-corrected chi connectivity index (χ3v) is 4.85. The summed E-state index contributed by atoms with van der Waals surface area (Å²) in [4.78, 5) is 14.6. The average Bonchev–Trinajstić information content (AvgIpc) is 2.67.